The molecule has 26 heavy (non-hydrogen) atoms. The molecule has 1 N–H and O–H groups in total. The molecule has 2 heterocycles. The molecule has 132 valence electrons. The molecule has 10 heteroatoms. The summed E-state index contributed by atoms with van der Waals surface area (Å²) < 4.78 is 1.69. The number of nitrogens with one attached hydrogen (secondary N) is 1. The Morgan fingerprint density at radius 1 is 1.08 bits per heavy atom. The van der Waals surface area contributed by atoms with Crippen LogP contribution in [0.5, 0.6) is 0 Å². The van der Waals surface area contributed by atoms with Crippen molar-refractivity contribution in [3.63, 3.8) is 0 Å². The van der Waals surface area contributed by atoms with Gasteiger partial charge in [0.25, 0.3) is 11.4 Å². The topological polar surface area (TPSA) is 129 Å². The van der Waals surface area contributed by atoms with Crippen LogP contribution in [-0.4, -0.2) is 24.6 Å². The zero-order valence-electron chi connectivity index (χ0n) is 13.5. The zero-order chi connectivity index (χ0) is 18.5. The molecule has 1 aromatic carbocycles. The molecular weight excluding hydrogens is 340 g/mol. The van der Waals surface area contributed by atoms with E-state index in [2.05, 4.69) is 15.4 Å². The Morgan fingerprint density at radius 2 is 1.92 bits per heavy atom. The Labute approximate surface area is 147 Å². The number of aromatic nitrogens is 3. The van der Waals surface area contributed by atoms with Crippen molar-refractivity contribution in [2.75, 3.05) is 5.32 Å². The first kappa shape index (κ1) is 17.0. The third-order valence-corrected chi connectivity index (χ3v) is 3.62. The maximum absolute atomic E-state index is 11.2. The number of pyridine rings is 1. The molecule has 0 spiro atoms. The second-order valence-electron chi connectivity index (χ2n) is 5.38. The van der Waals surface area contributed by atoms with Crippen molar-refractivity contribution < 1.29 is 9.85 Å². The highest BCUT2D eigenvalue weighted by atomic mass is 16.6. The fourth-order valence-electron chi connectivity index (χ4n) is 2.36. The standard InChI is InChI=1S/C16H14N6O4/c23-21(24)13-4-5-14(15(11-13)22(25)26)18-16-7-10-20(19-16)9-6-12-3-1-2-8-17-12/h1-5,7-8,10-11H,6,9H2,(H,18,19). The summed E-state index contributed by atoms with van der Waals surface area (Å²) in [7, 11) is 0. The zero-order valence-corrected chi connectivity index (χ0v) is 13.5. The lowest BCUT2D eigenvalue weighted by Gasteiger charge is -2.04. The van der Waals surface area contributed by atoms with E-state index in [1.54, 1.807) is 23.1 Å². The maximum Gasteiger partial charge on any atom is 0.299 e. The first-order chi connectivity index (χ1) is 12.5. The van der Waals surface area contributed by atoms with E-state index >= 15 is 0 Å². The largest absolute Gasteiger partial charge is 0.333 e. The molecular formula is C16H14N6O4. The van der Waals surface area contributed by atoms with Gasteiger partial charge in [0.15, 0.2) is 5.82 Å². The summed E-state index contributed by atoms with van der Waals surface area (Å²) in [6.07, 6.45) is 4.15. The Kier molecular flexibility index (Phi) is 4.83. The smallest absolute Gasteiger partial charge is 0.299 e. The van der Waals surface area contributed by atoms with Crippen LogP contribution in [0.2, 0.25) is 0 Å². The van der Waals surface area contributed by atoms with Crippen LogP contribution in [0.4, 0.5) is 22.9 Å². The van der Waals surface area contributed by atoms with Crippen LogP contribution in [0.25, 0.3) is 0 Å². The molecule has 0 aliphatic rings. The van der Waals surface area contributed by atoms with Crippen molar-refractivity contribution in [3.8, 4) is 0 Å². The molecule has 0 atom stereocenters. The molecule has 0 bridgehead atoms. The molecule has 0 radical (unpaired) electrons. The van der Waals surface area contributed by atoms with Crippen LogP contribution < -0.4 is 5.32 Å². The van der Waals surface area contributed by atoms with Gasteiger partial charge >= 0.3 is 0 Å². The summed E-state index contributed by atoms with van der Waals surface area (Å²) in [5.41, 5.74) is 0.337. The molecule has 2 aromatic heterocycles. The minimum atomic E-state index is -0.677. The van der Waals surface area contributed by atoms with Crippen molar-refractivity contribution in [3.05, 3.63) is 80.8 Å². The third-order valence-electron chi connectivity index (χ3n) is 3.62. The van der Waals surface area contributed by atoms with E-state index < -0.39 is 9.85 Å². The monoisotopic (exact) mass is 354 g/mol. The van der Waals surface area contributed by atoms with Crippen molar-refractivity contribution in [1.82, 2.24) is 14.8 Å². The lowest BCUT2D eigenvalue weighted by molar-refractivity contribution is -0.393. The van der Waals surface area contributed by atoms with Gasteiger partial charge in [0.05, 0.1) is 15.9 Å². The number of nitrogens with zero attached hydrogens (tertiary/aromatic N) is 5. The molecule has 0 amide bonds. The van der Waals surface area contributed by atoms with Gasteiger partial charge in [0, 0.05) is 43.2 Å². The van der Waals surface area contributed by atoms with Crippen LogP contribution in [0.15, 0.2) is 54.9 Å². The third kappa shape index (κ3) is 3.98. The lowest BCUT2D eigenvalue weighted by Crippen LogP contribution is -2.04. The minimum Gasteiger partial charge on any atom is -0.333 e. The minimum absolute atomic E-state index is 0.135. The summed E-state index contributed by atoms with van der Waals surface area (Å²) in [5, 5.41) is 29.1. The van der Waals surface area contributed by atoms with Gasteiger partial charge in [-0.2, -0.15) is 5.10 Å². The van der Waals surface area contributed by atoms with E-state index in [-0.39, 0.29) is 17.1 Å². The molecule has 0 saturated carbocycles. The van der Waals surface area contributed by atoms with E-state index in [1.807, 2.05) is 18.2 Å². The fraction of sp³-hybridized carbons (Fsp3) is 0.125. The average molecular weight is 354 g/mol. The van der Waals surface area contributed by atoms with E-state index in [0.717, 1.165) is 11.8 Å². The first-order valence-electron chi connectivity index (χ1n) is 7.66. The molecule has 3 rings (SSSR count). The Bertz CT molecular complexity index is 941. The van der Waals surface area contributed by atoms with Gasteiger partial charge in [0.1, 0.15) is 5.69 Å². The quantitative estimate of drug-likeness (QED) is 0.510. The number of hydrogen-bond donors (Lipinski definition) is 1. The van der Waals surface area contributed by atoms with Crippen LogP contribution in [0.3, 0.4) is 0 Å². The Balaban J connectivity index is 1.72. The molecule has 10 nitrogen and oxygen atoms in total. The van der Waals surface area contributed by atoms with Crippen molar-refractivity contribution in [1.29, 1.82) is 0 Å². The second kappa shape index (κ2) is 7.38. The number of rotatable bonds is 7. The van der Waals surface area contributed by atoms with Crippen molar-refractivity contribution in [2.24, 2.45) is 0 Å². The first-order valence-corrected chi connectivity index (χ1v) is 7.66. The van der Waals surface area contributed by atoms with Crippen LogP contribution >= 0.6 is 0 Å². The normalized spacial score (nSPS) is 10.5. The summed E-state index contributed by atoms with van der Waals surface area (Å²) in [4.78, 5) is 24.8. The van der Waals surface area contributed by atoms with Gasteiger partial charge in [-0.05, 0) is 18.2 Å². The van der Waals surface area contributed by atoms with Gasteiger partial charge in [-0.1, -0.05) is 6.07 Å². The fourth-order valence-corrected chi connectivity index (χ4v) is 2.36. The van der Waals surface area contributed by atoms with Gasteiger partial charge in [-0.25, -0.2) is 0 Å². The van der Waals surface area contributed by atoms with Gasteiger partial charge in [0.2, 0.25) is 0 Å². The summed E-state index contributed by atoms with van der Waals surface area (Å²) in [6.45, 7) is 0.598. The number of nitro benzene ring substituents is 2. The van der Waals surface area contributed by atoms with Crippen LogP contribution in [0, 0.1) is 20.2 Å². The SMILES string of the molecule is O=[N+]([O-])c1ccc(Nc2ccn(CCc3ccccn3)n2)c([N+](=O)[O-])c1. The molecule has 0 fully saturated rings. The van der Waals surface area contributed by atoms with Crippen molar-refractivity contribution in [2.45, 2.75) is 13.0 Å². The second-order valence-corrected chi connectivity index (χ2v) is 5.38. The van der Waals surface area contributed by atoms with Crippen LogP contribution in [0.1, 0.15) is 5.69 Å². The maximum atomic E-state index is 11.2. The predicted molar refractivity (Wildman–Crippen MR) is 93.2 cm³/mol. The summed E-state index contributed by atoms with van der Waals surface area (Å²) >= 11 is 0. The number of anilines is 2. The lowest BCUT2D eigenvalue weighted by atomic mass is 10.2. The summed E-state index contributed by atoms with van der Waals surface area (Å²) in [6, 6.07) is 10.8. The Hall–Kier alpha value is -3.82. The van der Waals surface area contributed by atoms with Crippen LogP contribution in [-0.2, 0) is 13.0 Å². The number of non-ortho nitro benzene ring substituents is 1. The molecule has 0 aliphatic heterocycles. The predicted octanol–water partition coefficient (Wildman–Crippen LogP) is 3.08. The number of benzene rings is 1. The Morgan fingerprint density at radius 3 is 2.62 bits per heavy atom. The average Bonchev–Trinajstić information content (AvgIpc) is 3.08. The molecule has 0 aliphatic carbocycles. The molecule has 0 unspecified atom stereocenters. The van der Waals surface area contributed by atoms with E-state index in [9.17, 15) is 20.2 Å². The number of nitro groups is 2. The van der Waals surface area contributed by atoms with Gasteiger partial charge in [-0.15, -0.1) is 0 Å². The molecule has 0 saturated heterocycles. The van der Waals surface area contributed by atoms with E-state index in [4.69, 9.17) is 0 Å². The highest BCUT2D eigenvalue weighted by Crippen LogP contribution is 2.30. The highest BCUT2D eigenvalue weighted by molar-refractivity contribution is 5.70. The van der Waals surface area contributed by atoms with Crippen molar-refractivity contribution >= 4 is 22.9 Å². The van der Waals surface area contributed by atoms with Gasteiger partial charge < -0.3 is 5.32 Å². The van der Waals surface area contributed by atoms with Gasteiger partial charge in [-0.3, -0.25) is 29.9 Å². The van der Waals surface area contributed by atoms with E-state index in [1.165, 1.54) is 12.1 Å². The number of aryl methyl sites for hydroxylation is 2. The highest BCUT2D eigenvalue weighted by Gasteiger charge is 2.20. The molecule has 3 aromatic rings. The number of hydrogen-bond acceptors (Lipinski definition) is 7. The van der Waals surface area contributed by atoms with E-state index in [0.29, 0.717) is 18.8 Å². The summed E-state index contributed by atoms with van der Waals surface area (Å²) in [5.74, 6) is 0.406.